The normalized spacial score (nSPS) is 11.6. The maximum atomic E-state index is 5.25. The minimum absolute atomic E-state index is 0.614. The Bertz CT molecular complexity index is 3180. The highest BCUT2D eigenvalue weighted by molar-refractivity contribution is 7.26. The second-order valence-corrected chi connectivity index (χ2v) is 15.0. The summed E-state index contributed by atoms with van der Waals surface area (Å²) in [6, 6.07) is 68.6. The van der Waals surface area contributed by atoms with E-state index in [0.29, 0.717) is 17.5 Å². The SMILES string of the molecule is c1ccc(-c2nc(-c3ccccc3)nc(-c3cccc(-c4ccccc4)c3-n3c4ccccc4c4ccc(-c5cccc6c5sc5ccccc56)cc43)n2)cc1. The zero-order valence-corrected chi connectivity index (χ0v) is 31.0. The first-order valence-corrected chi connectivity index (χ1v) is 19.6. The number of hydrogen-bond acceptors (Lipinski definition) is 4. The van der Waals surface area contributed by atoms with E-state index in [-0.39, 0.29) is 0 Å². The van der Waals surface area contributed by atoms with E-state index in [1.54, 1.807) is 0 Å². The zero-order chi connectivity index (χ0) is 37.0. The molecule has 0 saturated carbocycles. The molecule has 0 aliphatic carbocycles. The molecule has 0 amide bonds. The minimum Gasteiger partial charge on any atom is -0.308 e. The van der Waals surface area contributed by atoms with E-state index in [1.807, 2.05) is 47.7 Å². The van der Waals surface area contributed by atoms with E-state index in [1.165, 1.54) is 42.1 Å². The number of rotatable bonds is 6. The summed E-state index contributed by atoms with van der Waals surface area (Å²) in [7, 11) is 0. The maximum Gasteiger partial charge on any atom is 0.166 e. The van der Waals surface area contributed by atoms with Crippen molar-refractivity contribution in [3.63, 3.8) is 0 Å². The van der Waals surface area contributed by atoms with Gasteiger partial charge in [-0.1, -0.05) is 170 Å². The Balaban J connectivity index is 1.23. The van der Waals surface area contributed by atoms with Gasteiger partial charge >= 0.3 is 0 Å². The lowest BCUT2D eigenvalue weighted by molar-refractivity contribution is 1.06. The molecule has 262 valence electrons. The van der Waals surface area contributed by atoms with E-state index in [9.17, 15) is 0 Å². The van der Waals surface area contributed by atoms with Crippen molar-refractivity contribution in [2.75, 3.05) is 0 Å². The van der Waals surface area contributed by atoms with Crippen LogP contribution < -0.4 is 0 Å². The quantitative estimate of drug-likeness (QED) is 0.171. The Hall–Kier alpha value is -7.21. The lowest BCUT2D eigenvalue weighted by Gasteiger charge is -2.19. The van der Waals surface area contributed by atoms with E-state index >= 15 is 0 Å². The molecule has 0 radical (unpaired) electrons. The molecule has 3 aromatic heterocycles. The summed E-state index contributed by atoms with van der Waals surface area (Å²) in [6.45, 7) is 0. The Morgan fingerprint density at radius 1 is 0.339 bits per heavy atom. The summed E-state index contributed by atoms with van der Waals surface area (Å²) in [5, 5.41) is 4.97. The molecule has 0 fully saturated rings. The molecular formula is C51H32N4S. The molecule has 0 unspecified atom stereocenters. The largest absolute Gasteiger partial charge is 0.308 e. The molecule has 11 rings (SSSR count). The van der Waals surface area contributed by atoms with Crippen molar-refractivity contribution in [1.82, 2.24) is 19.5 Å². The summed E-state index contributed by atoms with van der Waals surface area (Å²) in [6.07, 6.45) is 0. The molecule has 0 N–H and O–H groups in total. The van der Waals surface area contributed by atoms with Crippen molar-refractivity contribution < 1.29 is 0 Å². The van der Waals surface area contributed by atoms with Crippen molar-refractivity contribution in [2.24, 2.45) is 0 Å². The molecule has 8 aromatic carbocycles. The van der Waals surface area contributed by atoms with Gasteiger partial charge in [0.2, 0.25) is 0 Å². The second-order valence-electron chi connectivity index (χ2n) is 14.0. The average Bonchev–Trinajstić information content (AvgIpc) is 3.82. The third-order valence-corrected chi connectivity index (χ3v) is 11.9. The van der Waals surface area contributed by atoms with E-state index in [0.717, 1.165) is 44.5 Å². The van der Waals surface area contributed by atoms with Crippen LogP contribution in [0.5, 0.6) is 0 Å². The van der Waals surface area contributed by atoms with E-state index in [2.05, 4.69) is 162 Å². The first-order chi connectivity index (χ1) is 27.8. The summed E-state index contributed by atoms with van der Waals surface area (Å²) < 4.78 is 5.03. The lowest BCUT2D eigenvalue weighted by atomic mass is 9.98. The number of nitrogens with zero attached hydrogens (tertiary/aromatic N) is 4. The fourth-order valence-electron chi connectivity index (χ4n) is 8.10. The van der Waals surface area contributed by atoms with Crippen LogP contribution in [0.3, 0.4) is 0 Å². The number of hydrogen-bond donors (Lipinski definition) is 0. The fraction of sp³-hybridized carbons (Fsp3) is 0. The molecule has 0 atom stereocenters. The third kappa shape index (κ3) is 5.32. The molecule has 11 aromatic rings. The van der Waals surface area contributed by atoms with Crippen LogP contribution in [0, 0.1) is 0 Å². The van der Waals surface area contributed by atoms with Crippen LogP contribution in [0.15, 0.2) is 194 Å². The zero-order valence-electron chi connectivity index (χ0n) is 30.2. The smallest absolute Gasteiger partial charge is 0.166 e. The number of para-hydroxylation sites is 2. The Morgan fingerprint density at radius 2 is 0.875 bits per heavy atom. The number of benzene rings is 8. The minimum atomic E-state index is 0.614. The molecule has 3 heterocycles. The number of fused-ring (bicyclic) bond motifs is 6. The topological polar surface area (TPSA) is 43.6 Å². The molecule has 0 spiro atoms. The summed E-state index contributed by atoms with van der Waals surface area (Å²) in [5.41, 5.74) is 10.7. The predicted octanol–water partition coefficient (Wildman–Crippen LogP) is 13.7. The Morgan fingerprint density at radius 3 is 1.61 bits per heavy atom. The third-order valence-electron chi connectivity index (χ3n) is 10.7. The molecule has 0 aliphatic heterocycles. The van der Waals surface area contributed by atoms with E-state index < -0.39 is 0 Å². The van der Waals surface area contributed by atoms with Crippen LogP contribution in [0.1, 0.15) is 0 Å². The maximum absolute atomic E-state index is 5.25. The van der Waals surface area contributed by atoms with Crippen molar-refractivity contribution >= 4 is 53.3 Å². The summed E-state index contributed by atoms with van der Waals surface area (Å²) in [5.74, 6) is 1.88. The van der Waals surface area contributed by atoms with Gasteiger partial charge in [-0.3, -0.25) is 0 Å². The van der Waals surface area contributed by atoms with Crippen LogP contribution in [-0.4, -0.2) is 19.5 Å². The molecule has 4 nitrogen and oxygen atoms in total. The van der Waals surface area contributed by atoms with Gasteiger partial charge < -0.3 is 4.57 Å². The average molecular weight is 733 g/mol. The Kier molecular flexibility index (Phi) is 7.64. The van der Waals surface area contributed by atoms with Gasteiger partial charge in [0.05, 0.1) is 16.7 Å². The second kappa shape index (κ2) is 13.3. The molecule has 0 aliphatic rings. The number of thiophene rings is 1. The molecule has 0 saturated heterocycles. The van der Waals surface area contributed by atoms with Crippen LogP contribution in [0.4, 0.5) is 0 Å². The van der Waals surface area contributed by atoms with Crippen molar-refractivity contribution in [3.05, 3.63) is 194 Å². The van der Waals surface area contributed by atoms with Crippen molar-refractivity contribution in [1.29, 1.82) is 0 Å². The molecular weight excluding hydrogens is 701 g/mol. The molecule has 5 heteroatoms. The van der Waals surface area contributed by atoms with Crippen LogP contribution >= 0.6 is 11.3 Å². The highest BCUT2D eigenvalue weighted by Crippen LogP contribution is 2.44. The van der Waals surface area contributed by atoms with Gasteiger partial charge in [0.25, 0.3) is 0 Å². The number of aromatic nitrogens is 4. The first-order valence-electron chi connectivity index (χ1n) is 18.8. The van der Waals surface area contributed by atoms with Crippen LogP contribution in [0.25, 0.3) is 104 Å². The van der Waals surface area contributed by atoms with Gasteiger partial charge in [-0.2, -0.15) is 0 Å². The van der Waals surface area contributed by atoms with Gasteiger partial charge in [-0.15, -0.1) is 11.3 Å². The monoisotopic (exact) mass is 732 g/mol. The highest BCUT2D eigenvalue weighted by atomic mass is 32.1. The van der Waals surface area contributed by atoms with Crippen molar-refractivity contribution in [2.45, 2.75) is 0 Å². The fourth-order valence-corrected chi connectivity index (χ4v) is 9.34. The van der Waals surface area contributed by atoms with Crippen molar-refractivity contribution in [3.8, 4) is 62.1 Å². The van der Waals surface area contributed by atoms with Gasteiger partial charge in [0.15, 0.2) is 17.5 Å². The van der Waals surface area contributed by atoms with Gasteiger partial charge in [0.1, 0.15) is 0 Å². The summed E-state index contributed by atoms with van der Waals surface area (Å²) in [4.78, 5) is 15.5. The molecule has 0 bridgehead atoms. The molecule has 56 heavy (non-hydrogen) atoms. The Labute approximate surface area is 327 Å². The van der Waals surface area contributed by atoms with E-state index in [4.69, 9.17) is 15.0 Å². The lowest BCUT2D eigenvalue weighted by Crippen LogP contribution is -2.05. The van der Waals surface area contributed by atoms with Gasteiger partial charge in [-0.05, 0) is 41.0 Å². The van der Waals surface area contributed by atoms with Crippen LogP contribution in [0.2, 0.25) is 0 Å². The van der Waals surface area contributed by atoms with Gasteiger partial charge in [-0.25, -0.2) is 15.0 Å². The predicted molar refractivity (Wildman–Crippen MR) is 234 cm³/mol. The van der Waals surface area contributed by atoms with Gasteiger partial charge in [0, 0.05) is 53.2 Å². The standard InChI is InChI=1S/C51H32N4S/c1-4-16-33(17-5-1)37-24-14-27-43(51-53-49(34-18-6-2-7-19-34)52-50(54-51)35-20-8-3-9-21-35)47(37)55-44-28-12-10-22-39(44)40-31-30-36(32-45(40)55)38-25-15-26-42-41-23-11-13-29-46(41)56-48(38)42/h1-32H. The van der Waals surface area contributed by atoms with Crippen LogP contribution in [-0.2, 0) is 0 Å². The highest BCUT2D eigenvalue weighted by Gasteiger charge is 2.23. The summed E-state index contributed by atoms with van der Waals surface area (Å²) >= 11 is 1.86. The first kappa shape index (κ1) is 32.2.